The van der Waals surface area contributed by atoms with E-state index in [4.69, 9.17) is 0 Å². The molecular weight excluding hydrogens is 312 g/mol. The van der Waals surface area contributed by atoms with Gasteiger partial charge in [0.05, 0.1) is 4.88 Å². The Hall–Kier alpha value is -1.73. The predicted octanol–water partition coefficient (Wildman–Crippen LogP) is 4.66. The van der Waals surface area contributed by atoms with Gasteiger partial charge in [0.1, 0.15) is 11.6 Å². The van der Waals surface area contributed by atoms with Crippen LogP contribution in [-0.2, 0) is 0 Å². The topological polar surface area (TPSA) is 41.6 Å². The van der Waals surface area contributed by atoms with Crippen LogP contribution in [0.15, 0.2) is 40.9 Å². The summed E-state index contributed by atoms with van der Waals surface area (Å²) in [5.41, 5.74) is 0.434. The van der Waals surface area contributed by atoms with E-state index < -0.39 is 11.6 Å². The molecule has 0 aliphatic heterocycles. The summed E-state index contributed by atoms with van der Waals surface area (Å²) in [6.45, 7) is 1.84. The molecule has 3 rings (SSSR count). The molecule has 0 unspecified atom stereocenters. The molecule has 3 aromatic rings. The van der Waals surface area contributed by atoms with Crippen molar-refractivity contribution in [2.75, 3.05) is 0 Å². The van der Waals surface area contributed by atoms with Crippen molar-refractivity contribution in [3.05, 3.63) is 52.9 Å². The van der Waals surface area contributed by atoms with Gasteiger partial charge < -0.3 is 0 Å². The van der Waals surface area contributed by atoms with Gasteiger partial charge in [-0.1, -0.05) is 23.9 Å². The first-order chi connectivity index (χ1) is 10.1. The average Bonchev–Trinajstić information content (AvgIpc) is 3.08. The summed E-state index contributed by atoms with van der Waals surface area (Å²) < 4.78 is 26.7. The molecule has 21 heavy (non-hydrogen) atoms. The zero-order valence-corrected chi connectivity index (χ0v) is 12.6. The largest absolute Gasteiger partial charge is 0.257 e. The van der Waals surface area contributed by atoms with Crippen molar-refractivity contribution in [3.63, 3.8) is 0 Å². The number of nitrogens with zero attached hydrogens (tertiary/aromatic N) is 2. The summed E-state index contributed by atoms with van der Waals surface area (Å²) in [6.07, 6.45) is 0. The highest BCUT2D eigenvalue weighted by atomic mass is 32.2. The van der Waals surface area contributed by atoms with E-state index in [0.29, 0.717) is 16.5 Å². The molecule has 0 aliphatic carbocycles. The second-order valence-corrected chi connectivity index (χ2v) is 6.63. The molecule has 2 heterocycles. The Morgan fingerprint density at radius 3 is 2.86 bits per heavy atom. The fourth-order valence-electron chi connectivity index (χ4n) is 1.88. The number of aromatic amines is 1. The number of nitrogens with one attached hydrogen (secondary N) is 1. The molecule has 1 atom stereocenters. The van der Waals surface area contributed by atoms with Gasteiger partial charge in [0.15, 0.2) is 5.82 Å². The summed E-state index contributed by atoms with van der Waals surface area (Å²) in [6, 6.07) is 7.48. The van der Waals surface area contributed by atoms with Crippen LogP contribution in [0, 0.1) is 11.6 Å². The first-order valence-corrected chi connectivity index (χ1v) is 7.97. The third-order valence-electron chi connectivity index (χ3n) is 2.90. The summed E-state index contributed by atoms with van der Waals surface area (Å²) >= 11 is 2.89. The summed E-state index contributed by atoms with van der Waals surface area (Å²) in [4.78, 5) is 5.37. The van der Waals surface area contributed by atoms with E-state index in [1.807, 2.05) is 24.4 Å². The van der Waals surface area contributed by atoms with E-state index in [0.717, 1.165) is 10.9 Å². The predicted molar refractivity (Wildman–Crippen MR) is 80.3 cm³/mol. The molecule has 3 nitrogen and oxygen atoms in total. The third-order valence-corrected chi connectivity index (χ3v) is 4.78. The van der Waals surface area contributed by atoms with Crippen LogP contribution >= 0.6 is 23.1 Å². The van der Waals surface area contributed by atoms with Crippen molar-refractivity contribution in [2.45, 2.75) is 17.3 Å². The molecule has 0 saturated heterocycles. The fraction of sp³-hybridized carbons (Fsp3) is 0.143. The molecule has 0 saturated carbocycles. The minimum atomic E-state index is -0.577. The number of hydrogen-bond acceptors (Lipinski definition) is 4. The smallest absolute Gasteiger partial charge is 0.209 e. The van der Waals surface area contributed by atoms with Crippen molar-refractivity contribution in [3.8, 4) is 10.7 Å². The first-order valence-electron chi connectivity index (χ1n) is 6.21. The van der Waals surface area contributed by atoms with E-state index >= 15 is 0 Å². The van der Waals surface area contributed by atoms with Crippen LogP contribution in [0.3, 0.4) is 0 Å². The molecule has 0 aliphatic rings. The number of halogens is 2. The Kier molecular flexibility index (Phi) is 4.03. The van der Waals surface area contributed by atoms with Crippen LogP contribution in [0.1, 0.15) is 17.7 Å². The SMILES string of the molecule is C[C@H](Sc1n[nH]c(-c2cccs2)n1)c1ccc(F)cc1F. The van der Waals surface area contributed by atoms with E-state index in [-0.39, 0.29) is 5.25 Å². The van der Waals surface area contributed by atoms with Gasteiger partial charge in [-0.2, -0.15) is 0 Å². The number of benzene rings is 1. The average molecular weight is 323 g/mol. The molecule has 1 aromatic carbocycles. The molecular formula is C14H11F2N3S2. The number of thiophene rings is 1. The number of hydrogen-bond donors (Lipinski definition) is 1. The lowest BCUT2D eigenvalue weighted by Crippen LogP contribution is -1.95. The summed E-state index contributed by atoms with van der Waals surface area (Å²) in [7, 11) is 0. The van der Waals surface area contributed by atoms with Crippen LogP contribution < -0.4 is 0 Å². The zero-order valence-electron chi connectivity index (χ0n) is 11.0. The number of thioether (sulfide) groups is 1. The van der Waals surface area contributed by atoms with Crippen LogP contribution in [-0.4, -0.2) is 15.2 Å². The van der Waals surface area contributed by atoms with Gasteiger partial charge >= 0.3 is 0 Å². The summed E-state index contributed by atoms with van der Waals surface area (Å²) in [5.74, 6) is -0.436. The highest BCUT2D eigenvalue weighted by molar-refractivity contribution is 7.99. The van der Waals surface area contributed by atoms with Gasteiger partial charge in [0, 0.05) is 16.9 Å². The molecule has 0 fully saturated rings. The maximum atomic E-state index is 13.7. The Morgan fingerprint density at radius 2 is 2.14 bits per heavy atom. The maximum Gasteiger partial charge on any atom is 0.209 e. The minimum Gasteiger partial charge on any atom is -0.257 e. The Morgan fingerprint density at radius 1 is 1.29 bits per heavy atom. The molecule has 0 bridgehead atoms. The second-order valence-electron chi connectivity index (χ2n) is 4.37. The molecule has 1 N–H and O–H groups in total. The molecule has 0 amide bonds. The molecule has 108 valence electrons. The number of H-pyrrole nitrogens is 1. The van der Waals surface area contributed by atoms with Crippen LogP contribution in [0.4, 0.5) is 8.78 Å². The standard InChI is InChI=1S/C14H11F2N3S2/c1-8(10-5-4-9(15)7-11(10)16)21-14-17-13(18-19-14)12-3-2-6-20-12/h2-8H,1H3,(H,17,18,19)/t8-/m0/s1. The normalized spacial score (nSPS) is 12.5. The van der Waals surface area contributed by atoms with Crippen molar-refractivity contribution < 1.29 is 8.78 Å². The first kappa shape index (κ1) is 14.2. The Labute approximate surface area is 128 Å². The van der Waals surface area contributed by atoms with Crippen LogP contribution in [0.5, 0.6) is 0 Å². The highest BCUT2D eigenvalue weighted by Gasteiger charge is 2.16. The van der Waals surface area contributed by atoms with Gasteiger partial charge in [-0.15, -0.1) is 16.4 Å². The number of aromatic nitrogens is 3. The lowest BCUT2D eigenvalue weighted by molar-refractivity contribution is 0.572. The lowest BCUT2D eigenvalue weighted by Gasteiger charge is -2.10. The van der Waals surface area contributed by atoms with E-state index in [9.17, 15) is 8.78 Å². The van der Waals surface area contributed by atoms with Crippen LogP contribution in [0.25, 0.3) is 10.7 Å². The van der Waals surface area contributed by atoms with Crippen LogP contribution in [0.2, 0.25) is 0 Å². The zero-order chi connectivity index (χ0) is 14.8. The lowest BCUT2D eigenvalue weighted by atomic mass is 10.1. The van der Waals surface area contributed by atoms with Crippen molar-refractivity contribution in [2.24, 2.45) is 0 Å². The van der Waals surface area contributed by atoms with Crippen molar-refractivity contribution >= 4 is 23.1 Å². The van der Waals surface area contributed by atoms with Crippen molar-refractivity contribution in [1.29, 1.82) is 0 Å². The quantitative estimate of drug-likeness (QED) is 0.710. The Balaban J connectivity index is 1.77. The van der Waals surface area contributed by atoms with Crippen molar-refractivity contribution in [1.82, 2.24) is 15.2 Å². The van der Waals surface area contributed by atoms with Gasteiger partial charge in [0.25, 0.3) is 0 Å². The molecule has 7 heteroatoms. The van der Waals surface area contributed by atoms with E-state index in [2.05, 4.69) is 15.2 Å². The minimum absolute atomic E-state index is 0.211. The maximum absolute atomic E-state index is 13.7. The van der Waals surface area contributed by atoms with Gasteiger partial charge in [-0.05, 0) is 24.4 Å². The van der Waals surface area contributed by atoms with E-state index in [1.165, 1.54) is 23.9 Å². The Bertz CT molecular complexity index is 741. The van der Waals surface area contributed by atoms with Gasteiger partial charge in [0.2, 0.25) is 5.16 Å². The van der Waals surface area contributed by atoms with Gasteiger partial charge in [-0.3, -0.25) is 5.10 Å². The molecule has 0 radical (unpaired) electrons. The van der Waals surface area contributed by atoms with Gasteiger partial charge in [-0.25, -0.2) is 13.8 Å². The van der Waals surface area contributed by atoms with E-state index in [1.54, 1.807) is 11.3 Å². The third kappa shape index (κ3) is 3.14. The fourth-order valence-corrected chi connectivity index (χ4v) is 3.42. The number of rotatable bonds is 4. The second kappa shape index (κ2) is 5.95. The highest BCUT2D eigenvalue weighted by Crippen LogP contribution is 2.35. The summed E-state index contributed by atoms with van der Waals surface area (Å²) in [5, 5.41) is 9.27. The molecule has 2 aromatic heterocycles. The molecule has 0 spiro atoms. The monoisotopic (exact) mass is 323 g/mol.